The number of nitrogens with two attached hydrogens (primary N) is 1. The fourth-order valence-corrected chi connectivity index (χ4v) is 5.16. The number of nitrogen functional groups attached to an aromatic ring is 1. The molecule has 3 aromatic rings. The van der Waals surface area contributed by atoms with Gasteiger partial charge < -0.3 is 15.4 Å². The van der Waals surface area contributed by atoms with E-state index >= 15 is 0 Å². The summed E-state index contributed by atoms with van der Waals surface area (Å²) in [4.78, 5) is 10.2. The van der Waals surface area contributed by atoms with E-state index in [1.807, 2.05) is 23.1 Å². The highest BCUT2D eigenvalue weighted by molar-refractivity contribution is 7.91. The van der Waals surface area contributed by atoms with Crippen LogP contribution in [0.25, 0.3) is 5.57 Å². The summed E-state index contributed by atoms with van der Waals surface area (Å²) in [6.45, 7) is 1.31. The van der Waals surface area contributed by atoms with Crippen molar-refractivity contribution in [2.75, 3.05) is 30.8 Å². The van der Waals surface area contributed by atoms with E-state index in [4.69, 9.17) is 22.1 Å². The van der Waals surface area contributed by atoms with Crippen molar-refractivity contribution in [1.82, 2.24) is 9.97 Å². The second-order valence-corrected chi connectivity index (χ2v) is 9.33. The fourth-order valence-electron chi connectivity index (χ4n) is 3.48. The number of benzene rings is 2. The van der Waals surface area contributed by atoms with Crippen molar-refractivity contribution in [3.63, 3.8) is 0 Å². The van der Waals surface area contributed by atoms with Crippen LogP contribution in [0.1, 0.15) is 12.0 Å². The molecule has 2 heterocycles. The smallest absolute Gasteiger partial charge is 0.227 e. The number of halogens is 1. The minimum absolute atomic E-state index is 0.0843. The molecule has 1 aliphatic rings. The predicted octanol–water partition coefficient (Wildman–Crippen LogP) is 3.85. The van der Waals surface area contributed by atoms with E-state index in [1.165, 1.54) is 36.6 Å². The average Bonchev–Trinajstić information content (AvgIpc) is 2.79. The van der Waals surface area contributed by atoms with Crippen molar-refractivity contribution in [3.8, 4) is 5.75 Å². The van der Waals surface area contributed by atoms with Crippen LogP contribution in [0, 0.1) is 0 Å². The van der Waals surface area contributed by atoms with Crippen LogP contribution in [0.15, 0.2) is 70.6 Å². The van der Waals surface area contributed by atoms with E-state index in [0.717, 1.165) is 6.42 Å². The lowest BCUT2D eigenvalue weighted by molar-refractivity contribution is 0.402. The molecule has 2 N–H and O–H groups in total. The lowest BCUT2D eigenvalue weighted by Crippen LogP contribution is -2.30. The van der Waals surface area contributed by atoms with Gasteiger partial charge in [0.15, 0.2) is 0 Å². The van der Waals surface area contributed by atoms with E-state index in [1.54, 1.807) is 6.07 Å². The van der Waals surface area contributed by atoms with Crippen LogP contribution in [0.2, 0.25) is 5.02 Å². The lowest BCUT2D eigenvalue weighted by Gasteiger charge is -2.27. The molecule has 0 amide bonds. The summed E-state index contributed by atoms with van der Waals surface area (Å²) >= 11 is 6.00. The Morgan fingerprint density at radius 1 is 1.13 bits per heavy atom. The number of ether oxygens (including phenoxy) is 1. The third-order valence-corrected chi connectivity index (χ3v) is 7.14. The maximum absolute atomic E-state index is 13.2. The molecule has 1 aromatic heterocycles. The first-order chi connectivity index (χ1) is 14.9. The van der Waals surface area contributed by atoms with Crippen LogP contribution in [-0.2, 0) is 9.84 Å². The Hall–Kier alpha value is -3.10. The Labute approximate surface area is 186 Å². The molecule has 0 radical (unpaired) electrons. The van der Waals surface area contributed by atoms with Crippen LogP contribution in [0.4, 0.5) is 11.8 Å². The van der Waals surface area contributed by atoms with Crippen molar-refractivity contribution in [2.24, 2.45) is 0 Å². The highest BCUT2D eigenvalue weighted by atomic mass is 35.5. The minimum atomic E-state index is -4.02. The molecule has 1 aliphatic heterocycles. The first-order valence-electron chi connectivity index (χ1n) is 9.60. The Morgan fingerprint density at radius 3 is 2.55 bits per heavy atom. The fraction of sp³-hybridized carbons (Fsp3) is 0.182. The highest BCUT2D eigenvalue weighted by Gasteiger charge is 2.27. The van der Waals surface area contributed by atoms with E-state index < -0.39 is 9.84 Å². The molecule has 0 unspecified atom stereocenters. The van der Waals surface area contributed by atoms with E-state index in [9.17, 15) is 8.42 Å². The van der Waals surface area contributed by atoms with Crippen molar-refractivity contribution >= 4 is 38.8 Å². The van der Waals surface area contributed by atoms with Gasteiger partial charge in [0.1, 0.15) is 21.4 Å². The molecule has 2 aromatic carbocycles. The monoisotopic (exact) mass is 456 g/mol. The molecule has 0 saturated carbocycles. The summed E-state index contributed by atoms with van der Waals surface area (Å²) in [5, 5.41) is 0.268. The molecule has 0 bridgehead atoms. The Balaban J connectivity index is 1.61. The van der Waals surface area contributed by atoms with Gasteiger partial charge in [-0.3, -0.25) is 0 Å². The third kappa shape index (κ3) is 4.22. The third-order valence-electron chi connectivity index (χ3n) is 5.11. The molecule has 0 atom stereocenters. The molecule has 4 rings (SSSR count). The Kier molecular flexibility index (Phi) is 5.84. The zero-order valence-electron chi connectivity index (χ0n) is 16.8. The molecule has 0 spiro atoms. The molecular formula is C22H21ClN4O3S. The quantitative estimate of drug-likeness (QED) is 0.622. The van der Waals surface area contributed by atoms with Gasteiger partial charge in [0.05, 0.1) is 13.3 Å². The van der Waals surface area contributed by atoms with Gasteiger partial charge in [-0.25, -0.2) is 13.4 Å². The summed E-state index contributed by atoms with van der Waals surface area (Å²) < 4.78 is 31.5. The van der Waals surface area contributed by atoms with Gasteiger partial charge in [-0.2, -0.15) is 4.98 Å². The number of hydrogen-bond donors (Lipinski definition) is 1. The first kappa shape index (κ1) is 21.1. The zero-order chi connectivity index (χ0) is 22.0. The maximum Gasteiger partial charge on any atom is 0.227 e. The van der Waals surface area contributed by atoms with Crippen LogP contribution in [0.5, 0.6) is 5.75 Å². The van der Waals surface area contributed by atoms with Gasteiger partial charge in [-0.1, -0.05) is 48.0 Å². The molecule has 0 aliphatic carbocycles. The van der Waals surface area contributed by atoms with Crippen molar-refractivity contribution in [2.45, 2.75) is 16.2 Å². The molecule has 160 valence electrons. The SMILES string of the molecule is COc1ccc(Cl)cc1S(=O)(=O)c1cnc(N2CC=C(c3ccccc3)CC2)nc1N. The average molecular weight is 457 g/mol. The van der Waals surface area contributed by atoms with Crippen LogP contribution < -0.4 is 15.4 Å². The number of methoxy groups -OCH3 is 1. The largest absolute Gasteiger partial charge is 0.495 e. The van der Waals surface area contributed by atoms with Crippen LogP contribution in [0.3, 0.4) is 0 Å². The molecule has 31 heavy (non-hydrogen) atoms. The van der Waals surface area contributed by atoms with E-state index in [2.05, 4.69) is 28.2 Å². The topological polar surface area (TPSA) is 98.4 Å². The number of rotatable bonds is 5. The number of aromatic nitrogens is 2. The van der Waals surface area contributed by atoms with E-state index in [0.29, 0.717) is 19.0 Å². The van der Waals surface area contributed by atoms with Gasteiger partial charge in [-0.05, 0) is 35.8 Å². The second-order valence-electron chi connectivity index (χ2n) is 7.01. The number of hydrogen-bond acceptors (Lipinski definition) is 7. The van der Waals surface area contributed by atoms with Crippen molar-refractivity contribution in [1.29, 1.82) is 0 Å². The number of anilines is 2. The molecular weight excluding hydrogens is 436 g/mol. The van der Waals surface area contributed by atoms with Gasteiger partial charge in [0.25, 0.3) is 0 Å². The summed E-state index contributed by atoms with van der Waals surface area (Å²) in [7, 11) is -2.63. The summed E-state index contributed by atoms with van der Waals surface area (Å²) in [6, 6.07) is 14.6. The minimum Gasteiger partial charge on any atom is -0.495 e. The normalized spacial score (nSPS) is 14.3. The Bertz CT molecular complexity index is 1250. The number of sulfone groups is 1. The van der Waals surface area contributed by atoms with Gasteiger partial charge in [0.2, 0.25) is 15.8 Å². The standard InChI is InChI=1S/C22H21ClN4O3S/c1-30-18-8-7-17(23)13-19(18)31(28,29)20-14-25-22(26-21(20)24)27-11-9-16(10-12-27)15-5-3-2-4-6-15/h2-9,13-14H,10-12H2,1H3,(H2,24,25,26). The highest BCUT2D eigenvalue weighted by Crippen LogP contribution is 2.34. The van der Waals surface area contributed by atoms with Crippen LogP contribution in [-0.4, -0.2) is 38.6 Å². The summed E-state index contributed by atoms with van der Waals surface area (Å²) in [5.74, 6) is 0.435. The summed E-state index contributed by atoms with van der Waals surface area (Å²) in [5.41, 5.74) is 8.51. The Morgan fingerprint density at radius 2 is 1.90 bits per heavy atom. The molecule has 0 saturated heterocycles. The van der Waals surface area contributed by atoms with Crippen LogP contribution >= 0.6 is 11.6 Å². The van der Waals surface area contributed by atoms with Crippen molar-refractivity contribution in [3.05, 3.63) is 71.4 Å². The molecule has 9 heteroatoms. The number of nitrogens with zero attached hydrogens (tertiary/aromatic N) is 3. The van der Waals surface area contributed by atoms with Gasteiger partial charge >= 0.3 is 0 Å². The maximum atomic E-state index is 13.2. The predicted molar refractivity (Wildman–Crippen MR) is 121 cm³/mol. The van der Waals surface area contributed by atoms with Gasteiger partial charge in [-0.15, -0.1) is 0 Å². The van der Waals surface area contributed by atoms with Gasteiger partial charge in [0, 0.05) is 18.1 Å². The second kappa shape index (κ2) is 8.56. The molecule has 7 nitrogen and oxygen atoms in total. The van der Waals surface area contributed by atoms with E-state index in [-0.39, 0.29) is 26.4 Å². The first-order valence-corrected chi connectivity index (χ1v) is 11.5. The summed E-state index contributed by atoms with van der Waals surface area (Å²) in [6.07, 6.45) is 4.19. The lowest BCUT2D eigenvalue weighted by atomic mass is 10.00. The zero-order valence-corrected chi connectivity index (χ0v) is 18.4. The molecule has 0 fully saturated rings. The van der Waals surface area contributed by atoms with Crippen molar-refractivity contribution < 1.29 is 13.2 Å².